The van der Waals surface area contributed by atoms with Gasteiger partial charge < -0.3 is 14.6 Å². The van der Waals surface area contributed by atoms with Crippen molar-refractivity contribution in [1.29, 1.82) is 0 Å². The smallest absolute Gasteiger partial charge is 0.344 e. The molecule has 0 saturated carbocycles. The van der Waals surface area contributed by atoms with Crippen molar-refractivity contribution in [2.75, 3.05) is 19.7 Å². The number of carbonyl (C=O) groups is 3. The first-order chi connectivity index (χ1) is 13.7. The predicted molar refractivity (Wildman–Crippen MR) is 111 cm³/mol. The maximum absolute atomic E-state index is 12.7. The summed E-state index contributed by atoms with van der Waals surface area (Å²) in [5.41, 5.74) is 0.540. The Labute approximate surface area is 174 Å². The van der Waals surface area contributed by atoms with E-state index in [1.807, 2.05) is 0 Å². The molecule has 1 heterocycles. The molecule has 29 heavy (non-hydrogen) atoms. The fourth-order valence-electron chi connectivity index (χ4n) is 2.77. The number of nitrogens with zero attached hydrogens (tertiary/aromatic N) is 2. The Bertz CT molecular complexity index is 839. The van der Waals surface area contributed by atoms with Crippen LogP contribution in [0.2, 0.25) is 0 Å². The molecule has 1 N–H and O–H groups in total. The van der Waals surface area contributed by atoms with Crippen LogP contribution in [0.5, 0.6) is 11.5 Å². The number of benzene rings is 1. The molecular formula is C20H24N2O6S. The van der Waals surface area contributed by atoms with Crippen LogP contribution in [0.15, 0.2) is 23.8 Å². The molecule has 0 bridgehead atoms. The lowest BCUT2D eigenvalue weighted by Crippen LogP contribution is -2.55. The maximum Gasteiger partial charge on any atom is 0.344 e. The van der Waals surface area contributed by atoms with Crippen LogP contribution in [0, 0.1) is 0 Å². The first kappa shape index (κ1) is 22.4. The van der Waals surface area contributed by atoms with Crippen LogP contribution in [-0.2, 0) is 14.4 Å². The second kappa shape index (κ2) is 9.51. The van der Waals surface area contributed by atoms with Crippen LogP contribution in [0.25, 0.3) is 6.08 Å². The highest BCUT2D eigenvalue weighted by molar-refractivity contribution is 7.80. The van der Waals surface area contributed by atoms with E-state index < -0.39 is 23.9 Å². The van der Waals surface area contributed by atoms with Crippen LogP contribution >= 0.6 is 12.2 Å². The molecule has 2 rings (SSSR count). The van der Waals surface area contributed by atoms with Gasteiger partial charge in [0.05, 0.1) is 6.61 Å². The van der Waals surface area contributed by atoms with E-state index in [-0.39, 0.29) is 16.4 Å². The summed E-state index contributed by atoms with van der Waals surface area (Å²) in [4.78, 5) is 39.3. The van der Waals surface area contributed by atoms with Crippen molar-refractivity contribution in [2.45, 2.75) is 33.8 Å². The lowest BCUT2D eigenvalue weighted by Gasteiger charge is -2.35. The summed E-state index contributed by atoms with van der Waals surface area (Å²) >= 11 is 5.25. The number of rotatable bonds is 8. The Balaban J connectivity index is 2.44. The number of carboxylic acids is 1. The minimum Gasteiger partial charge on any atom is -0.490 e. The molecule has 0 aliphatic carbocycles. The molecule has 0 radical (unpaired) electrons. The second-order valence-corrected chi connectivity index (χ2v) is 6.54. The third-order valence-corrected chi connectivity index (χ3v) is 4.72. The number of thiocarbonyl (C=S) groups is 1. The van der Waals surface area contributed by atoms with Crippen molar-refractivity contribution in [2.24, 2.45) is 0 Å². The van der Waals surface area contributed by atoms with E-state index in [1.165, 1.54) is 22.8 Å². The van der Waals surface area contributed by atoms with E-state index in [0.717, 1.165) is 0 Å². The van der Waals surface area contributed by atoms with E-state index >= 15 is 0 Å². The molecule has 1 aromatic rings. The van der Waals surface area contributed by atoms with Gasteiger partial charge in [-0.1, -0.05) is 6.07 Å². The van der Waals surface area contributed by atoms with Crippen molar-refractivity contribution in [3.8, 4) is 11.5 Å². The summed E-state index contributed by atoms with van der Waals surface area (Å²) < 4.78 is 11.0. The highest BCUT2D eigenvalue weighted by Crippen LogP contribution is 2.31. The molecule has 8 nitrogen and oxygen atoms in total. The van der Waals surface area contributed by atoms with Gasteiger partial charge in [-0.05, 0) is 63.7 Å². The zero-order valence-electron chi connectivity index (χ0n) is 16.8. The van der Waals surface area contributed by atoms with E-state index in [4.69, 9.17) is 26.8 Å². The summed E-state index contributed by atoms with van der Waals surface area (Å²) in [6.45, 7) is 7.80. The zero-order valence-corrected chi connectivity index (χ0v) is 17.6. The molecule has 1 saturated heterocycles. The fourth-order valence-corrected chi connectivity index (χ4v) is 3.19. The van der Waals surface area contributed by atoms with Gasteiger partial charge in [-0.15, -0.1) is 0 Å². The number of likely N-dealkylation sites (N-methyl/N-ethyl adjacent to an activating group) is 2. The summed E-state index contributed by atoms with van der Waals surface area (Å²) in [7, 11) is 0. The van der Waals surface area contributed by atoms with Crippen molar-refractivity contribution in [1.82, 2.24) is 9.80 Å². The van der Waals surface area contributed by atoms with Gasteiger partial charge in [-0.3, -0.25) is 19.4 Å². The van der Waals surface area contributed by atoms with Gasteiger partial charge in [0.25, 0.3) is 11.8 Å². The molecule has 2 amide bonds. The van der Waals surface area contributed by atoms with Gasteiger partial charge in [-0.2, -0.15) is 0 Å². The minimum atomic E-state index is -1.10. The molecule has 156 valence electrons. The quantitative estimate of drug-likeness (QED) is 0.392. The molecule has 0 spiro atoms. The van der Waals surface area contributed by atoms with E-state index in [0.29, 0.717) is 31.0 Å². The number of hydrogen-bond donors (Lipinski definition) is 1. The number of amides is 2. The fraction of sp³-hybridized carbons (Fsp3) is 0.400. The normalized spacial score (nSPS) is 15.4. The third-order valence-electron chi connectivity index (χ3n) is 4.28. The van der Waals surface area contributed by atoms with Gasteiger partial charge in [0.15, 0.2) is 22.7 Å². The molecule has 0 aromatic heterocycles. The molecule has 1 unspecified atom stereocenters. The molecule has 1 aliphatic heterocycles. The van der Waals surface area contributed by atoms with Gasteiger partial charge >= 0.3 is 5.97 Å². The van der Waals surface area contributed by atoms with Crippen LogP contribution in [0.4, 0.5) is 0 Å². The molecule has 1 atom stereocenters. The zero-order chi connectivity index (χ0) is 21.7. The summed E-state index contributed by atoms with van der Waals surface area (Å²) in [5.74, 6) is -1.43. The van der Waals surface area contributed by atoms with Crippen LogP contribution in [-0.4, -0.2) is 63.6 Å². The first-order valence-electron chi connectivity index (χ1n) is 9.30. The average molecular weight is 420 g/mol. The Morgan fingerprint density at radius 1 is 1.14 bits per heavy atom. The Morgan fingerprint density at radius 3 is 2.21 bits per heavy atom. The molecular weight excluding hydrogens is 396 g/mol. The third kappa shape index (κ3) is 4.73. The largest absolute Gasteiger partial charge is 0.490 e. The van der Waals surface area contributed by atoms with Crippen molar-refractivity contribution in [3.63, 3.8) is 0 Å². The number of ether oxygens (including phenoxy) is 2. The van der Waals surface area contributed by atoms with E-state index in [1.54, 1.807) is 39.0 Å². The summed E-state index contributed by atoms with van der Waals surface area (Å²) in [5, 5.41) is 9.24. The first-order valence-corrected chi connectivity index (χ1v) is 9.71. The number of aliphatic carboxylic acids is 1. The van der Waals surface area contributed by atoms with Crippen molar-refractivity contribution >= 4 is 41.2 Å². The van der Waals surface area contributed by atoms with E-state index in [2.05, 4.69) is 0 Å². The number of carboxylic acid groups (broad SMARTS) is 1. The molecule has 1 fully saturated rings. The summed E-state index contributed by atoms with van der Waals surface area (Å²) in [6.07, 6.45) is 0.419. The van der Waals surface area contributed by atoms with E-state index in [9.17, 15) is 14.4 Å². The monoisotopic (exact) mass is 420 g/mol. The predicted octanol–water partition coefficient (Wildman–Crippen LogP) is 2.32. The highest BCUT2D eigenvalue weighted by atomic mass is 32.1. The number of hydrogen-bond acceptors (Lipinski definition) is 6. The Morgan fingerprint density at radius 2 is 1.72 bits per heavy atom. The standard InChI is InChI=1S/C20H24N2O6S/c1-5-21-17(23)14(18(24)22(6-2)20(21)29)10-13-8-9-15(16(11-13)27-7-3)28-12(4)19(25)26/h8-12H,5-7H2,1-4H3,(H,25,26). The topological polar surface area (TPSA) is 96.4 Å². The maximum atomic E-state index is 12.7. The average Bonchev–Trinajstić information content (AvgIpc) is 2.68. The van der Waals surface area contributed by atoms with Crippen molar-refractivity contribution < 1.29 is 29.0 Å². The second-order valence-electron chi connectivity index (χ2n) is 6.18. The van der Waals surface area contributed by atoms with Gasteiger partial charge in [0, 0.05) is 13.1 Å². The molecule has 1 aliphatic rings. The van der Waals surface area contributed by atoms with Crippen molar-refractivity contribution in [3.05, 3.63) is 29.3 Å². The minimum absolute atomic E-state index is 0.00248. The molecule has 9 heteroatoms. The Kier molecular flexibility index (Phi) is 7.33. The Hall–Kier alpha value is -2.94. The van der Waals surface area contributed by atoms with Gasteiger partial charge in [0.1, 0.15) is 5.57 Å². The SMILES string of the molecule is CCOc1cc(C=C2C(=O)N(CC)C(=S)N(CC)C2=O)ccc1OC(C)C(=O)O. The van der Waals surface area contributed by atoms with Crippen LogP contribution in [0.3, 0.4) is 0 Å². The lowest BCUT2D eigenvalue weighted by atomic mass is 10.1. The highest BCUT2D eigenvalue weighted by Gasteiger charge is 2.37. The number of carbonyl (C=O) groups excluding carboxylic acids is 2. The van der Waals surface area contributed by atoms with Crippen LogP contribution < -0.4 is 9.47 Å². The van der Waals surface area contributed by atoms with Gasteiger partial charge in [0.2, 0.25) is 0 Å². The summed E-state index contributed by atoms with van der Waals surface area (Å²) in [6, 6.07) is 4.77. The lowest BCUT2D eigenvalue weighted by molar-refractivity contribution is -0.144. The molecule has 1 aromatic carbocycles. The van der Waals surface area contributed by atoms with Crippen LogP contribution in [0.1, 0.15) is 33.3 Å². The van der Waals surface area contributed by atoms with Gasteiger partial charge in [-0.25, -0.2) is 4.79 Å².